The maximum atomic E-state index is 12.1. The third kappa shape index (κ3) is 4.38. The van der Waals surface area contributed by atoms with Crippen molar-refractivity contribution in [2.24, 2.45) is 0 Å². The molecular weight excluding hydrogens is 330 g/mol. The molecule has 0 bridgehead atoms. The van der Waals surface area contributed by atoms with E-state index in [9.17, 15) is 4.79 Å². The number of aromatic nitrogens is 4. The van der Waals surface area contributed by atoms with Crippen LogP contribution in [0.2, 0.25) is 0 Å². The maximum absolute atomic E-state index is 12.1. The van der Waals surface area contributed by atoms with Crippen LogP contribution in [0.5, 0.6) is 5.75 Å². The topological polar surface area (TPSA) is 81.1 Å². The van der Waals surface area contributed by atoms with Gasteiger partial charge >= 0.3 is 6.09 Å². The molecule has 132 valence electrons. The molecule has 0 spiro atoms. The highest BCUT2D eigenvalue weighted by atomic mass is 16.6. The van der Waals surface area contributed by atoms with Crippen LogP contribution in [0.15, 0.2) is 48.5 Å². The van der Waals surface area contributed by atoms with Gasteiger partial charge in [0.25, 0.3) is 0 Å². The summed E-state index contributed by atoms with van der Waals surface area (Å²) in [6.07, 6.45) is -0.500. The number of rotatable bonds is 4. The Balaban J connectivity index is 1.61. The molecule has 0 N–H and O–H groups in total. The lowest BCUT2D eigenvalue weighted by Gasteiger charge is -2.15. The van der Waals surface area contributed by atoms with E-state index >= 15 is 0 Å². The number of nitrogens with zero attached hydrogens (tertiary/aromatic N) is 5. The highest BCUT2D eigenvalue weighted by Crippen LogP contribution is 2.14. The number of hydrogen-bond acceptors (Lipinski definition) is 6. The van der Waals surface area contributed by atoms with Gasteiger partial charge in [0.15, 0.2) is 5.82 Å². The average Bonchev–Trinajstić information content (AvgIpc) is 2.65. The second-order valence-electron chi connectivity index (χ2n) is 6.04. The summed E-state index contributed by atoms with van der Waals surface area (Å²) in [7, 11) is 1.60. The molecule has 0 radical (unpaired) electrons. The first-order valence-electron chi connectivity index (χ1n) is 8.14. The van der Waals surface area contributed by atoms with Crippen molar-refractivity contribution in [3.8, 4) is 17.1 Å². The Hall–Kier alpha value is -3.35. The van der Waals surface area contributed by atoms with E-state index in [1.54, 1.807) is 19.2 Å². The average molecular weight is 349 g/mol. The summed E-state index contributed by atoms with van der Waals surface area (Å²) in [4.78, 5) is 13.5. The van der Waals surface area contributed by atoms with Crippen LogP contribution in [0.4, 0.5) is 4.79 Å². The molecule has 0 unspecified atom stereocenters. The lowest BCUT2D eigenvalue weighted by molar-refractivity contribution is 0.159. The van der Waals surface area contributed by atoms with E-state index in [4.69, 9.17) is 4.74 Å². The molecule has 1 amide bonds. The molecule has 1 heterocycles. The number of carbonyl (C=O) groups excluding carboxylic acids is 1. The minimum Gasteiger partial charge on any atom is -0.410 e. The normalized spacial score (nSPS) is 10.4. The van der Waals surface area contributed by atoms with Crippen molar-refractivity contribution in [3.63, 3.8) is 0 Å². The van der Waals surface area contributed by atoms with Crippen molar-refractivity contribution in [1.82, 2.24) is 25.3 Å². The van der Waals surface area contributed by atoms with Crippen molar-refractivity contribution in [2.45, 2.75) is 20.4 Å². The molecule has 3 rings (SSSR count). The van der Waals surface area contributed by atoms with Crippen LogP contribution < -0.4 is 4.74 Å². The molecule has 3 aromatic rings. The van der Waals surface area contributed by atoms with Gasteiger partial charge in [0.05, 0.1) is 6.54 Å². The smallest absolute Gasteiger partial charge is 0.410 e. The highest BCUT2D eigenvalue weighted by molar-refractivity contribution is 5.70. The minimum atomic E-state index is -0.500. The molecule has 1 aromatic heterocycles. The van der Waals surface area contributed by atoms with Crippen molar-refractivity contribution in [2.75, 3.05) is 7.05 Å². The number of carbonyl (C=O) groups is 1. The molecule has 0 aliphatic carbocycles. The molecule has 2 aromatic carbocycles. The Labute approximate surface area is 151 Å². The third-order valence-corrected chi connectivity index (χ3v) is 3.75. The van der Waals surface area contributed by atoms with Gasteiger partial charge in [-0.3, -0.25) is 0 Å². The van der Waals surface area contributed by atoms with E-state index in [1.165, 1.54) is 4.90 Å². The zero-order chi connectivity index (χ0) is 18.5. The van der Waals surface area contributed by atoms with Crippen LogP contribution in [0, 0.1) is 13.8 Å². The molecule has 7 nitrogen and oxygen atoms in total. The van der Waals surface area contributed by atoms with Crippen LogP contribution in [-0.4, -0.2) is 38.4 Å². The summed E-state index contributed by atoms with van der Waals surface area (Å²) in [5.41, 5.74) is 3.09. The monoisotopic (exact) mass is 349 g/mol. The van der Waals surface area contributed by atoms with E-state index in [0.717, 1.165) is 16.7 Å². The van der Waals surface area contributed by atoms with Crippen molar-refractivity contribution < 1.29 is 9.53 Å². The van der Waals surface area contributed by atoms with Crippen LogP contribution >= 0.6 is 0 Å². The van der Waals surface area contributed by atoms with Crippen molar-refractivity contribution in [3.05, 3.63) is 65.5 Å². The van der Waals surface area contributed by atoms with Gasteiger partial charge in [-0.1, -0.05) is 47.5 Å². The first-order valence-corrected chi connectivity index (χ1v) is 8.14. The van der Waals surface area contributed by atoms with Gasteiger partial charge in [0.2, 0.25) is 5.82 Å². The van der Waals surface area contributed by atoms with Crippen molar-refractivity contribution >= 4 is 6.09 Å². The Morgan fingerprint density at radius 3 is 2.00 bits per heavy atom. The predicted molar refractivity (Wildman–Crippen MR) is 96.5 cm³/mol. The summed E-state index contributed by atoms with van der Waals surface area (Å²) < 4.78 is 5.30. The number of benzene rings is 2. The van der Waals surface area contributed by atoms with Gasteiger partial charge in [0.1, 0.15) is 5.75 Å². The fourth-order valence-electron chi connectivity index (χ4n) is 2.19. The molecule has 0 saturated heterocycles. The number of hydrogen-bond donors (Lipinski definition) is 0. The fraction of sp³-hybridized carbons (Fsp3) is 0.211. The lowest BCUT2D eigenvalue weighted by atomic mass is 10.1. The van der Waals surface area contributed by atoms with Gasteiger partial charge in [-0.05, 0) is 26.0 Å². The summed E-state index contributed by atoms with van der Waals surface area (Å²) in [5, 5.41) is 16.3. The standard InChI is InChI=1S/C19H19N5O2/c1-13-4-8-15(9-5-13)18-22-20-17(21-23-18)12-24(3)19(25)26-16-10-6-14(2)7-11-16/h4-11H,12H2,1-3H3. The second kappa shape index (κ2) is 7.69. The van der Waals surface area contributed by atoms with Crippen LogP contribution in [0.3, 0.4) is 0 Å². The molecule has 0 aliphatic heterocycles. The number of amides is 1. The maximum Gasteiger partial charge on any atom is 0.415 e. The molecule has 0 saturated carbocycles. The second-order valence-corrected chi connectivity index (χ2v) is 6.04. The summed E-state index contributed by atoms with van der Waals surface area (Å²) in [6, 6.07) is 15.0. The molecule has 0 aliphatic rings. The first kappa shape index (κ1) is 17.5. The van der Waals surface area contributed by atoms with Crippen LogP contribution in [-0.2, 0) is 6.54 Å². The molecule has 7 heteroatoms. The third-order valence-electron chi connectivity index (χ3n) is 3.75. The first-order chi connectivity index (χ1) is 12.5. The van der Waals surface area contributed by atoms with E-state index < -0.39 is 6.09 Å². The Morgan fingerprint density at radius 2 is 1.42 bits per heavy atom. The zero-order valence-corrected chi connectivity index (χ0v) is 14.9. The lowest BCUT2D eigenvalue weighted by Crippen LogP contribution is -2.30. The van der Waals surface area contributed by atoms with Gasteiger partial charge in [0, 0.05) is 12.6 Å². The number of ether oxygens (including phenoxy) is 1. The fourth-order valence-corrected chi connectivity index (χ4v) is 2.19. The Kier molecular flexibility index (Phi) is 5.17. The Bertz CT molecular complexity index is 877. The summed E-state index contributed by atoms with van der Waals surface area (Å²) in [5.74, 6) is 1.27. The van der Waals surface area contributed by atoms with Crippen LogP contribution in [0.25, 0.3) is 11.4 Å². The van der Waals surface area contributed by atoms with Gasteiger partial charge in [-0.25, -0.2) is 4.79 Å². The SMILES string of the molecule is Cc1ccc(OC(=O)N(C)Cc2nnc(-c3ccc(C)cc3)nn2)cc1. The van der Waals surface area contributed by atoms with Crippen molar-refractivity contribution in [1.29, 1.82) is 0 Å². The number of aryl methyl sites for hydroxylation is 2. The van der Waals surface area contributed by atoms with E-state index in [2.05, 4.69) is 20.4 Å². The quantitative estimate of drug-likeness (QED) is 0.719. The highest BCUT2D eigenvalue weighted by Gasteiger charge is 2.14. The van der Waals surface area contributed by atoms with E-state index in [0.29, 0.717) is 17.4 Å². The van der Waals surface area contributed by atoms with E-state index in [1.807, 2.05) is 50.2 Å². The van der Waals surface area contributed by atoms with Gasteiger partial charge in [-0.15, -0.1) is 20.4 Å². The predicted octanol–water partition coefficient (Wildman–Crippen LogP) is 3.18. The minimum absolute atomic E-state index is 0.152. The molecule has 26 heavy (non-hydrogen) atoms. The molecule has 0 atom stereocenters. The van der Waals surface area contributed by atoms with Gasteiger partial charge in [-0.2, -0.15) is 0 Å². The molecular formula is C19H19N5O2. The Morgan fingerprint density at radius 1 is 0.885 bits per heavy atom. The van der Waals surface area contributed by atoms with Crippen LogP contribution in [0.1, 0.15) is 17.0 Å². The van der Waals surface area contributed by atoms with Gasteiger partial charge < -0.3 is 9.64 Å². The summed E-state index contributed by atoms with van der Waals surface area (Å²) in [6.45, 7) is 4.13. The van der Waals surface area contributed by atoms with E-state index in [-0.39, 0.29) is 6.54 Å². The molecule has 0 fully saturated rings. The largest absolute Gasteiger partial charge is 0.415 e. The summed E-state index contributed by atoms with van der Waals surface area (Å²) >= 11 is 0. The zero-order valence-electron chi connectivity index (χ0n) is 14.9.